The molecule has 2 amide bonds. The van der Waals surface area contributed by atoms with Crippen molar-refractivity contribution < 1.29 is 19.5 Å². The van der Waals surface area contributed by atoms with E-state index in [1.807, 2.05) is 6.08 Å². The van der Waals surface area contributed by atoms with Gasteiger partial charge in [-0.25, -0.2) is 4.79 Å². The Labute approximate surface area is 169 Å². The lowest BCUT2D eigenvalue weighted by Crippen LogP contribution is -2.42. The van der Waals surface area contributed by atoms with Crippen molar-refractivity contribution in [2.75, 3.05) is 0 Å². The Morgan fingerprint density at radius 2 is 1.43 bits per heavy atom. The zero-order chi connectivity index (χ0) is 21.0. The average Bonchev–Trinajstić information content (AvgIpc) is 2.64. The summed E-state index contributed by atoms with van der Waals surface area (Å²) in [6, 6.07) is -1.30. The number of carbonyl (C=O) groups excluding carboxylic acids is 2. The van der Waals surface area contributed by atoms with E-state index in [-0.39, 0.29) is 0 Å². The molecular weight excluding hydrogens is 356 g/mol. The minimum Gasteiger partial charge on any atom is -0.480 e. The zero-order valence-electron chi connectivity index (χ0n) is 17.3. The molecule has 0 radical (unpaired) electrons. The van der Waals surface area contributed by atoms with Crippen LogP contribution in [0.25, 0.3) is 0 Å². The molecule has 160 valence electrons. The first-order valence-electron chi connectivity index (χ1n) is 10.6. The van der Waals surface area contributed by atoms with Gasteiger partial charge in [-0.2, -0.15) is 0 Å². The van der Waals surface area contributed by atoms with Crippen molar-refractivity contribution >= 4 is 17.8 Å². The quantitative estimate of drug-likeness (QED) is 0.183. The third-order valence-electron chi connectivity index (χ3n) is 4.49. The maximum Gasteiger partial charge on any atom is 0.326 e. The molecule has 0 saturated carbocycles. The van der Waals surface area contributed by atoms with Crippen LogP contribution in [0.5, 0.6) is 0 Å². The number of rotatable bonds is 18. The minimum absolute atomic E-state index is 0.427. The standard InChI is InChI=1S/C22H38N2O4/c1-2-3-4-5-6-7-8-9-10-11-12-13-14-15-16-17-21(26)24-19(22(27)28)18-20(23)25/h14-17,19H,2-13,18H2,1H3,(H2,23,25)(H,24,26)(H,27,28)/t19-/m0/s1. The topological polar surface area (TPSA) is 109 Å². The van der Waals surface area contributed by atoms with Crippen LogP contribution in [0.3, 0.4) is 0 Å². The molecule has 0 rings (SSSR count). The molecular formula is C22H38N2O4. The van der Waals surface area contributed by atoms with Gasteiger partial charge in [0.2, 0.25) is 11.8 Å². The van der Waals surface area contributed by atoms with Crippen LogP contribution in [0.1, 0.15) is 90.4 Å². The van der Waals surface area contributed by atoms with Crippen LogP contribution < -0.4 is 11.1 Å². The van der Waals surface area contributed by atoms with Crippen LogP contribution in [0.4, 0.5) is 0 Å². The van der Waals surface area contributed by atoms with Gasteiger partial charge in [0.25, 0.3) is 0 Å². The summed E-state index contributed by atoms with van der Waals surface area (Å²) >= 11 is 0. The van der Waals surface area contributed by atoms with Crippen LogP contribution in [0, 0.1) is 0 Å². The van der Waals surface area contributed by atoms with E-state index in [1.54, 1.807) is 12.2 Å². The molecule has 0 aliphatic rings. The Morgan fingerprint density at radius 1 is 0.893 bits per heavy atom. The van der Waals surface area contributed by atoms with Crippen molar-refractivity contribution in [2.24, 2.45) is 5.73 Å². The lowest BCUT2D eigenvalue weighted by Gasteiger charge is -2.10. The van der Waals surface area contributed by atoms with Crippen molar-refractivity contribution in [3.63, 3.8) is 0 Å². The third-order valence-corrected chi connectivity index (χ3v) is 4.49. The number of allylic oxidation sites excluding steroid dienone is 3. The molecule has 0 heterocycles. The largest absolute Gasteiger partial charge is 0.480 e. The normalized spacial score (nSPS) is 12.5. The Kier molecular flexibility index (Phi) is 16.9. The molecule has 0 spiro atoms. The average molecular weight is 395 g/mol. The lowest BCUT2D eigenvalue weighted by molar-refractivity contribution is -0.142. The highest BCUT2D eigenvalue weighted by Crippen LogP contribution is 2.12. The Bertz CT molecular complexity index is 501. The number of carboxylic acid groups (broad SMARTS) is 1. The number of hydrogen-bond donors (Lipinski definition) is 3. The minimum atomic E-state index is -1.30. The van der Waals surface area contributed by atoms with E-state index in [4.69, 9.17) is 10.8 Å². The number of nitrogens with one attached hydrogen (secondary N) is 1. The molecule has 6 nitrogen and oxygen atoms in total. The first-order chi connectivity index (χ1) is 13.5. The fraction of sp³-hybridized carbons (Fsp3) is 0.682. The van der Waals surface area contributed by atoms with E-state index in [1.165, 1.54) is 70.3 Å². The van der Waals surface area contributed by atoms with E-state index in [9.17, 15) is 14.4 Å². The van der Waals surface area contributed by atoms with Crippen LogP contribution in [-0.4, -0.2) is 28.9 Å². The van der Waals surface area contributed by atoms with Gasteiger partial charge in [-0.15, -0.1) is 0 Å². The number of primary amides is 1. The number of unbranched alkanes of at least 4 members (excludes halogenated alkanes) is 11. The lowest BCUT2D eigenvalue weighted by atomic mass is 10.1. The van der Waals surface area contributed by atoms with Crippen molar-refractivity contribution in [1.29, 1.82) is 0 Å². The number of aliphatic carboxylic acids is 1. The molecule has 0 aliphatic carbocycles. The van der Waals surface area contributed by atoms with Gasteiger partial charge >= 0.3 is 5.97 Å². The summed E-state index contributed by atoms with van der Waals surface area (Å²) in [7, 11) is 0. The molecule has 6 heteroatoms. The van der Waals surface area contributed by atoms with E-state index in [2.05, 4.69) is 12.2 Å². The molecule has 0 aromatic heterocycles. The van der Waals surface area contributed by atoms with Crippen LogP contribution in [0.2, 0.25) is 0 Å². The third kappa shape index (κ3) is 17.3. The Hall–Kier alpha value is -2.11. The molecule has 0 unspecified atom stereocenters. The molecule has 0 bridgehead atoms. The molecule has 28 heavy (non-hydrogen) atoms. The SMILES string of the molecule is CCCCCCCCCCCCCC=CC=CC(=O)N[C@@H](CC(N)=O)C(=O)O. The second kappa shape index (κ2) is 18.3. The summed E-state index contributed by atoms with van der Waals surface area (Å²) in [5.74, 6) is -2.62. The Morgan fingerprint density at radius 3 is 1.93 bits per heavy atom. The van der Waals surface area contributed by atoms with Crippen molar-refractivity contribution in [3.05, 3.63) is 24.3 Å². The number of nitrogens with two attached hydrogens (primary N) is 1. The van der Waals surface area contributed by atoms with E-state index in [0.29, 0.717) is 0 Å². The van der Waals surface area contributed by atoms with Crippen molar-refractivity contribution in [1.82, 2.24) is 5.32 Å². The van der Waals surface area contributed by atoms with E-state index in [0.717, 1.165) is 12.8 Å². The maximum absolute atomic E-state index is 11.6. The maximum atomic E-state index is 11.6. The van der Waals surface area contributed by atoms with E-state index < -0.39 is 30.2 Å². The van der Waals surface area contributed by atoms with Gasteiger partial charge in [-0.3, -0.25) is 9.59 Å². The zero-order valence-corrected chi connectivity index (χ0v) is 17.3. The molecule has 0 aliphatic heterocycles. The fourth-order valence-electron chi connectivity index (χ4n) is 2.87. The van der Waals surface area contributed by atoms with Gasteiger partial charge in [-0.1, -0.05) is 89.4 Å². The summed E-state index contributed by atoms with van der Waals surface area (Å²) < 4.78 is 0. The van der Waals surface area contributed by atoms with Crippen LogP contribution in [0.15, 0.2) is 24.3 Å². The summed E-state index contributed by atoms with van der Waals surface area (Å²) in [6.45, 7) is 2.24. The van der Waals surface area contributed by atoms with Crippen molar-refractivity contribution in [2.45, 2.75) is 96.4 Å². The van der Waals surface area contributed by atoms with Gasteiger partial charge < -0.3 is 16.2 Å². The molecule has 0 aromatic rings. The highest BCUT2D eigenvalue weighted by atomic mass is 16.4. The summed E-state index contributed by atoms with van der Waals surface area (Å²) in [6.07, 6.45) is 21.6. The number of carbonyl (C=O) groups is 3. The molecule has 1 atom stereocenters. The Balaban J connectivity index is 3.66. The second-order valence-electron chi connectivity index (χ2n) is 7.18. The summed E-state index contributed by atoms with van der Waals surface area (Å²) in [4.78, 5) is 33.3. The number of amides is 2. The van der Waals surface area contributed by atoms with Crippen molar-refractivity contribution in [3.8, 4) is 0 Å². The first kappa shape index (κ1) is 25.9. The number of hydrogen-bond acceptors (Lipinski definition) is 3. The molecule has 0 fully saturated rings. The van der Waals surface area contributed by atoms with E-state index >= 15 is 0 Å². The monoisotopic (exact) mass is 394 g/mol. The van der Waals surface area contributed by atoms with Crippen LogP contribution in [-0.2, 0) is 14.4 Å². The van der Waals surface area contributed by atoms with Gasteiger partial charge in [0.05, 0.1) is 6.42 Å². The second-order valence-corrected chi connectivity index (χ2v) is 7.18. The number of carboxylic acids is 1. The van der Waals surface area contributed by atoms with Gasteiger partial charge in [0, 0.05) is 6.08 Å². The smallest absolute Gasteiger partial charge is 0.326 e. The molecule has 0 aromatic carbocycles. The first-order valence-corrected chi connectivity index (χ1v) is 10.6. The predicted molar refractivity (Wildman–Crippen MR) is 113 cm³/mol. The van der Waals surface area contributed by atoms with Gasteiger partial charge in [0.15, 0.2) is 0 Å². The summed E-state index contributed by atoms with van der Waals surface area (Å²) in [5, 5.41) is 11.2. The van der Waals surface area contributed by atoms with Gasteiger partial charge in [0.1, 0.15) is 6.04 Å². The fourth-order valence-corrected chi connectivity index (χ4v) is 2.87. The van der Waals surface area contributed by atoms with Gasteiger partial charge in [-0.05, 0) is 12.8 Å². The highest BCUT2D eigenvalue weighted by Gasteiger charge is 2.20. The van der Waals surface area contributed by atoms with Crippen LogP contribution >= 0.6 is 0 Å². The summed E-state index contributed by atoms with van der Waals surface area (Å²) in [5.41, 5.74) is 4.96. The predicted octanol–water partition coefficient (Wildman–Crippen LogP) is 4.24. The molecule has 0 saturated heterocycles. The highest BCUT2D eigenvalue weighted by molar-refractivity contribution is 5.93. The molecule has 4 N–H and O–H groups in total.